The highest BCUT2D eigenvalue weighted by Gasteiger charge is 2.18. The second kappa shape index (κ2) is 5.18. The van der Waals surface area contributed by atoms with Crippen LogP contribution in [0, 0.1) is 10.1 Å². The van der Waals surface area contributed by atoms with Crippen LogP contribution in [0.25, 0.3) is 6.08 Å². The fraction of sp³-hybridized carbons (Fsp3) is 0.250. The quantitative estimate of drug-likeness (QED) is 0.367. The Morgan fingerprint density at radius 2 is 2.06 bits per heavy atom. The second-order valence-corrected chi connectivity index (χ2v) is 3.04. The van der Waals surface area contributed by atoms with Gasteiger partial charge in [0.1, 0.15) is 5.69 Å². The van der Waals surface area contributed by atoms with E-state index in [1.54, 1.807) is 4.98 Å². The van der Waals surface area contributed by atoms with E-state index < -0.39 is 34.6 Å². The summed E-state index contributed by atoms with van der Waals surface area (Å²) >= 11 is 0. The van der Waals surface area contributed by atoms with Crippen LogP contribution in [0.4, 0.5) is 5.69 Å². The summed E-state index contributed by atoms with van der Waals surface area (Å²) in [6.45, 7) is -0.586. The van der Waals surface area contributed by atoms with E-state index in [2.05, 4.69) is 0 Å². The summed E-state index contributed by atoms with van der Waals surface area (Å²) in [6.07, 6.45) is 0.755. The highest BCUT2D eigenvalue weighted by atomic mass is 16.6. The molecule has 0 aliphatic heterocycles. The van der Waals surface area contributed by atoms with Crippen LogP contribution >= 0.6 is 0 Å². The lowest BCUT2D eigenvalue weighted by molar-refractivity contribution is -0.386. The number of aromatic amines is 2. The molecular weight excluding hydrogens is 234 g/mol. The van der Waals surface area contributed by atoms with Gasteiger partial charge in [-0.25, -0.2) is 4.79 Å². The molecule has 0 saturated heterocycles. The predicted molar refractivity (Wildman–Crippen MR) is 56.5 cm³/mol. The number of hydrogen-bond acceptors (Lipinski definition) is 6. The van der Waals surface area contributed by atoms with Crippen LogP contribution in [0.2, 0.25) is 0 Å². The molecule has 92 valence electrons. The van der Waals surface area contributed by atoms with Gasteiger partial charge in [0, 0.05) is 0 Å². The number of nitro groups is 1. The topological polar surface area (TPSA) is 149 Å². The number of nitrogens with one attached hydrogen (secondary N) is 2. The van der Waals surface area contributed by atoms with Gasteiger partial charge in [0.2, 0.25) is 0 Å². The Morgan fingerprint density at radius 3 is 2.59 bits per heavy atom. The molecule has 1 heterocycles. The van der Waals surface area contributed by atoms with Gasteiger partial charge in [0.25, 0.3) is 0 Å². The van der Waals surface area contributed by atoms with Gasteiger partial charge in [-0.15, -0.1) is 0 Å². The standard InChI is InChI=1S/C8H9N3O6/c12-3-4(13)1-2-5-6(11(16)17)7(14)10-8(15)9-5/h1-2,4,12-13H,3H2,(H2,9,10,14,15)/b2-1+/t4-/m1/s1. The first-order valence-electron chi connectivity index (χ1n) is 4.44. The smallest absolute Gasteiger partial charge is 0.357 e. The summed E-state index contributed by atoms with van der Waals surface area (Å²) in [5.74, 6) is 0. The minimum atomic E-state index is -1.24. The molecule has 1 aromatic rings. The normalized spacial score (nSPS) is 12.8. The maximum Gasteiger partial charge on any atom is 0.357 e. The van der Waals surface area contributed by atoms with Crippen LogP contribution in [-0.4, -0.2) is 37.8 Å². The Labute approximate surface area is 93.2 Å². The van der Waals surface area contributed by atoms with Crippen molar-refractivity contribution in [2.24, 2.45) is 0 Å². The summed E-state index contributed by atoms with van der Waals surface area (Å²) in [4.78, 5) is 35.5. The van der Waals surface area contributed by atoms with E-state index in [0.29, 0.717) is 0 Å². The van der Waals surface area contributed by atoms with E-state index in [1.165, 1.54) is 0 Å². The fourth-order valence-electron chi connectivity index (χ4n) is 1.07. The van der Waals surface area contributed by atoms with Crippen molar-refractivity contribution in [1.82, 2.24) is 9.97 Å². The first kappa shape index (κ1) is 12.8. The largest absolute Gasteiger partial charge is 0.393 e. The van der Waals surface area contributed by atoms with E-state index in [4.69, 9.17) is 10.2 Å². The fourth-order valence-corrected chi connectivity index (χ4v) is 1.07. The van der Waals surface area contributed by atoms with Crippen LogP contribution in [0.1, 0.15) is 5.69 Å². The molecule has 9 nitrogen and oxygen atoms in total. The molecule has 0 saturated carbocycles. The third-order valence-corrected chi connectivity index (χ3v) is 1.80. The van der Waals surface area contributed by atoms with Crippen LogP contribution in [0.15, 0.2) is 15.7 Å². The molecule has 0 aromatic carbocycles. The monoisotopic (exact) mass is 243 g/mol. The molecule has 0 aliphatic carbocycles. The molecule has 4 N–H and O–H groups in total. The molecule has 0 radical (unpaired) electrons. The molecular formula is C8H9N3O6. The average molecular weight is 243 g/mol. The van der Waals surface area contributed by atoms with Crippen molar-refractivity contribution < 1.29 is 15.1 Å². The second-order valence-electron chi connectivity index (χ2n) is 3.04. The third kappa shape index (κ3) is 3.09. The molecule has 1 aromatic heterocycles. The number of aromatic nitrogens is 2. The summed E-state index contributed by atoms with van der Waals surface area (Å²) in [5, 5.41) is 28.1. The van der Waals surface area contributed by atoms with Gasteiger partial charge in [-0.05, 0) is 6.08 Å². The minimum absolute atomic E-state index is 0.351. The molecule has 1 atom stereocenters. The van der Waals surface area contributed by atoms with Crippen molar-refractivity contribution in [3.8, 4) is 0 Å². The Balaban J connectivity index is 3.32. The first-order valence-corrected chi connectivity index (χ1v) is 4.44. The zero-order valence-electron chi connectivity index (χ0n) is 8.41. The first-order chi connectivity index (χ1) is 7.95. The van der Waals surface area contributed by atoms with Gasteiger partial charge in [-0.2, -0.15) is 0 Å². The maximum absolute atomic E-state index is 11.2. The molecule has 17 heavy (non-hydrogen) atoms. The average Bonchev–Trinajstić information content (AvgIpc) is 2.24. The maximum atomic E-state index is 11.2. The number of aliphatic hydroxyl groups is 2. The van der Waals surface area contributed by atoms with Crippen molar-refractivity contribution >= 4 is 11.8 Å². The summed E-state index contributed by atoms with van der Waals surface area (Å²) in [7, 11) is 0. The van der Waals surface area contributed by atoms with Gasteiger partial charge >= 0.3 is 16.9 Å². The minimum Gasteiger partial charge on any atom is -0.393 e. The number of H-pyrrole nitrogens is 2. The van der Waals surface area contributed by atoms with Crippen molar-refractivity contribution in [1.29, 1.82) is 0 Å². The van der Waals surface area contributed by atoms with E-state index in [0.717, 1.165) is 12.2 Å². The van der Waals surface area contributed by atoms with Crippen LogP contribution < -0.4 is 11.2 Å². The van der Waals surface area contributed by atoms with E-state index in [-0.39, 0.29) is 5.69 Å². The lowest BCUT2D eigenvalue weighted by Gasteiger charge is -1.99. The number of hydrogen-bond donors (Lipinski definition) is 4. The summed E-state index contributed by atoms with van der Waals surface area (Å²) in [6, 6.07) is 0. The molecule has 0 fully saturated rings. The molecule has 0 aliphatic rings. The lowest BCUT2D eigenvalue weighted by atomic mass is 10.2. The number of rotatable bonds is 4. The molecule has 9 heteroatoms. The SMILES string of the molecule is O=c1[nH]c(/C=C/[C@@H](O)CO)c([N+](=O)[O-])c(=O)[nH]1. The van der Waals surface area contributed by atoms with Crippen molar-refractivity contribution in [3.05, 3.63) is 42.7 Å². The van der Waals surface area contributed by atoms with E-state index in [9.17, 15) is 19.7 Å². The van der Waals surface area contributed by atoms with Gasteiger partial charge in [0.15, 0.2) is 0 Å². The summed E-state index contributed by atoms with van der Waals surface area (Å²) < 4.78 is 0. The Bertz CT molecular complexity index is 557. The van der Waals surface area contributed by atoms with E-state index >= 15 is 0 Å². The number of aliphatic hydroxyl groups excluding tert-OH is 2. The van der Waals surface area contributed by atoms with Crippen molar-refractivity contribution in [2.75, 3.05) is 6.61 Å². The highest BCUT2D eigenvalue weighted by molar-refractivity contribution is 5.55. The van der Waals surface area contributed by atoms with Crippen LogP contribution in [0.3, 0.4) is 0 Å². The highest BCUT2D eigenvalue weighted by Crippen LogP contribution is 2.09. The lowest BCUT2D eigenvalue weighted by Crippen LogP contribution is -2.25. The molecule has 0 spiro atoms. The Morgan fingerprint density at radius 1 is 1.41 bits per heavy atom. The molecule has 0 bridgehead atoms. The molecule has 0 unspecified atom stereocenters. The van der Waals surface area contributed by atoms with Crippen LogP contribution in [0.5, 0.6) is 0 Å². The van der Waals surface area contributed by atoms with Crippen molar-refractivity contribution in [3.63, 3.8) is 0 Å². The van der Waals surface area contributed by atoms with Gasteiger partial charge in [-0.3, -0.25) is 19.9 Å². The number of nitrogens with zero attached hydrogens (tertiary/aromatic N) is 1. The van der Waals surface area contributed by atoms with Gasteiger partial charge < -0.3 is 15.2 Å². The Kier molecular flexibility index (Phi) is 3.91. The van der Waals surface area contributed by atoms with Crippen LogP contribution in [-0.2, 0) is 0 Å². The predicted octanol–water partition coefficient (Wildman–Crippen LogP) is -1.66. The Hall–Kier alpha value is -2.26. The zero-order chi connectivity index (χ0) is 13.0. The van der Waals surface area contributed by atoms with Crippen molar-refractivity contribution in [2.45, 2.75) is 6.10 Å². The van der Waals surface area contributed by atoms with Gasteiger partial charge in [-0.1, -0.05) is 6.08 Å². The van der Waals surface area contributed by atoms with E-state index in [1.807, 2.05) is 4.98 Å². The summed E-state index contributed by atoms with van der Waals surface area (Å²) in [5.41, 5.74) is -3.24. The molecule has 1 rings (SSSR count). The van der Waals surface area contributed by atoms with Gasteiger partial charge in [0.05, 0.1) is 17.6 Å². The molecule has 0 amide bonds. The third-order valence-electron chi connectivity index (χ3n) is 1.80. The zero-order valence-corrected chi connectivity index (χ0v) is 8.41.